The third kappa shape index (κ3) is 3.18. The first kappa shape index (κ1) is 12.5. The fraction of sp³-hybridized carbons (Fsp3) is 0.909. The summed E-state index contributed by atoms with van der Waals surface area (Å²) >= 11 is 0. The highest BCUT2D eigenvalue weighted by molar-refractivity contribution is 5.87. The van der Waals surface area contributed by atoms with Gasteiger partial charge in [0, 0.05) is 12.1 Å². The van der Waals surface area contributed by atoms with Crippen molar-refractivity contribution in [3.63, 3.8) is 0 Å². The summed E-state index contributed by atoms with van der Waals surface area (Å²) in [5, 5.41) is 11.8. The van der Waals surface area contributed by atoms with Crippen LogP contribution in [0.25, 0.3) is 0 Å². The van der Waals surface area contributed by atoms with Crippen LogP contribution in [0, 0.1) is 5.92 Å². The molecule has 0 aliphatic heterocycles. The molecule has 0 aromatic rings. The lowest BCUT2D eigenvalue weighted by atomic mass is 9.93. The zero-order valence-electron chi connectivity index (χ0n) is 9.84. The number of aliphatic hydroxyl groups is 1. The molecule has 4 nitrogen and oxygen atoms in total. The summed E-state index contributed by atoms with van der Waals surface area (Å²) in [5.74, 6) is 0.214. The van der Waals surface area contributed by atoms with Crippen LogP contribution in [-0.4, -0.2) is 28.7 Å². The average Bonchev–Trinajstić information content (AvgIpc) is 2.84. The lowest BCUT2D eigenvalue weighted by molar-refractivity contribution is -0.128. The molecule has 0 spiro atoms. The van der Waals surface area contributed by atoms with Crippen LogP contribution < -0.4 is 11.1 Å². The van der Waals surface area contributed by atoms with Crippen molar-refractivity contribution in [1.82, 2.24) is 5.32 Å². The quantitative estimate of drug-likeness (QED) is 0.619. The molecule has 0 bridgehead atoms. The molecule has 4 N–H and O–H groups in total. The number of rotatable bonds is 5. The van der Waals surface area contributed by atoms with Gasteiger partial charge in [0.15, 0.2) is 0 Å². The number of amides is 1. The highest BCUT2D eigenvalue weighted by Crippen LogP contribution is 2.38. The molecular weight excluding hydrogens is 192 g/mol. The minimum atomic E-state index is -0.757. The Labute approximate surface area is 91.2 Å². The molecule has 88 valence electrons. The molecule has 0 heterocycles. The Balaban J connectivity index is 2.54. The van der Waals surface area contributed by atoms with Crippen molar-refractivity contribution in [2.24, 2.45) is 11.7 Å². The molecule has 1 saturated carbocycles. The van der Waals surface area contributed by atoms with Gasteiger partial charge in [0.2, 0.25) is 5.91 Å². The maximum atomic E-state index is 11.9. The summed E-state index contributed by atoms with van der Waals surface area (Å²) in [6, 6.07) is 0. The van der Waals surface area contributed by atoms with Crippen LogP contribution in [0.3, 0.4) is 0 Å². The van der Waals surface area contributed by atoms with Crippen molar-refractivity contribution in [3.05, 3.63) is 0 Å². The zero-order chi connectivity index (χ0) is 11.7. The van der Waals surface area contributed by atoms with Crippen molar-refractivity contribution in [2.45, 2.75) is 51.1 Å². The molecule has 1 rings (SSSR count). The second kappa shape index (κ2) is 4.10. The Morgan fingerprint density at radius 2 is 2.00 bits per heavy atom. The summed E-state index contributed by atoms with van der Waals surface area (Å²) in [4.78, 5) is 11.9. The van der Waals surface area contributed by atoms with E-state index in [2.05, 4.69) is 5.32 Å². The predicted molar refractivity (Wildman–Crippen MR) is 59.2 cm³/mol. The van der Waals surface area contributed by atoms with Gasteiger partial charge in [-0.05, 0) is 46.0 Å². The Morgan fingerprint density at radius 1 is 1.47 bits per heavy atom. The van der Waals surface area contributed by atoms with Gasteiger partial charge in [-0.1, -0.05) is 0 Å². The lowest BCUT2D eigenvalue weighted by Crippen LogP contribution is -2.58. The van der Waals surface area contributed by atoms with Crippen LogP contribution >= 0.6 is 0 Å². The van der Waals surface area contributed by atoms with Gasteiger partial charge in [0.05, 0.1) is 5.54 Å². The van der Waals surface area contributed by atoms with Crippen molar-refractivity contribution in [1.29, 1.82) is 0 Å². The van der Waals surface area contributed by atoms with Gasteiger partial charge in [-0.3, -0.25) is 4.79 Å². The minimum Gasteiger partial charge on any atom is -0.396 e. The van der Waals surface area contributed by atoms with E-state index >= 15 is 0 Å². The van der Waals surface area contributed by atoms with Crippen molar-refractivity contribution in [3.8, 4) is 0 Å². The fourth-order valence-corrected chi connectivity index (χ4v) is 1.65. The second-order valence-corrected chi connectivity index (χ2v) is 5.37. The molecule has 15 heavy (non-hydrogen) atoms. The average molecular weight is 214 g/mol. The maximum Gasteiger partial charge on any atom is 0.240 e. The monoisotopic (exact) mass is 214 g/mol. The molecule has 1 atom stereocenters. The standard InChI is InChI=1S/C11H22N2O2/c1-10(2,6-7-14)13-9(15)11(3,12)8-4-5-8/h8,14H,4-7,12H2,1-3H3,(H,13,15). The van der Waals surface area contributed by atoms with Crippen LogP contribution in [-0.2, 0) is 4.79 Å². The largest absolute Gasteiger partial charge is 0.396 e. The van der Waals surface area contributed by atoms with Crippen LogP contribution in [0.5, 0.6) is 0 Å². The predicted octanol–water partition coefficient (Wildman–Crippen LogP) is 0.391. The Bertz CT molecular complexity index is 245. The Hall–Kier alpha value is -0.610. The van der Waals surface area contributed by atoms with Crippen molar-refractivity contribution < 1.29 is 9.90 Å². The van der Waals surface area contributed by atoms with Gasteiger partial charge >= 0.3 is 0 Å². The summed E-state index contributed by atoms with van der Waals surface area (Å²) < 4.78 is 0. The Morgan fingerprint density at radius 3 is 2.40 bits per heavy atom. The molecule has 1 amide bonds. The van der Waals surface area contributed by atoms with Gasteiger partial charge in [-0.15, -0.1) is 0 Å². The molecule has 0 saturated heterocycles. The molecule has 0 aromatic carbocycles. The van der Waals surface area contributed by atoms with E-state index in [-0.39, 0.29) is 18.1 Å². The first-order valence-corrected chi connectivity index (χ1v) is 5.52. The summed E-state index contributed by atoms with van der Waals surface area (Å²) in [5.41, 5.74) is 4.85. The smallest absolute Gasteiger partial charge is 0.240 e. The van der Waals surface area contributed by atoms with Gasteiger partial charge in [-0.2, -0.15) is 0 Å². The molecule has 1 unspecified atom stereocenters. The minimum absolute atomic E-state index is 0.0675. The SMILES string of the molecule is CC(C)(CCO)NC(=O)C(C)(N)C1CC1. The molecule has 1 aliphatic carbocycles. The highest BCUT2D eigenvalue weighted by atomic mass is 16.3. The van der Waals surface area contributed by atoms with Gasteiger partial charge < -0.3 is 16.2 Å². The molecule has 4 heteroatoms. The fourth-order valence-electron chi connectivity index (χ4n) is 1.65. The molecule has 1 aliphatic rings. The molecule has 1 fully saturated rings. The van der Waals surface area contributed by atoms with Crippen LogP contribution in [0.4, 0.5) is 0 Å². The molecule has 0 radical (unpaired) electrons. The summed E-state index contributed by atoms with van der Waals surface area (Å²) in [6.45, 7) is 5.64. The third-order valence-electron chi connectivity index (χ3n) is 3.10. The number of hydrogen-bond acceptors (Lipinski definition) is 3. The number of carbonyl (C=O) groups excluding carboxylic acids is 1. The normalized spacial score (nSPS) is 20.9. The Kier molecular flexibility index (Phi) is 3.41. The van der Waals surface area contributed by atoms with Gasteiger partial charge in [-0.25, -0.2) is 0 Å². The summed E-state index contributed by atoms with van der Waals surface area (Å²) in [7, 11) is 0. The zero-order valence-corrected chi connectivity index (χ0v) is 9.84. The van der Waals surface area contributed by atoms with E-state index in [0.717, 1.165) is 12.8 Å². The maximum absolute atomic E-state index is 11.9. The van der Waals surface area contributed by atoms with Crippen LogP contribution in [0.2, 0.25) is 0 Å². The van der Waals surface area contributed by atoms with E-state index in [9.17, 15) is 4.79 Å². The summed E-state index contributed by atoms with van der Waals surface area (Å²) in [6.07, 6.45) is 2.63. The van der Waals surface area contributed by atoms with E-state index in [0.29, 0.717) is 12.3 Å². The van der Waals surface area contributed by atoms with Gasteiger partial charge in [0.25, 0.3) is 0 Å². The van der Waals surface area contributed by atoms with Crippen molar-refractivity contribution >= 4 is 5.91 Å². The van der Waals surface area contributed by atoms with Crippen LogP contribution in [0.15, 0.2) is 0 Å². The van der Waals surface area contributed by atoms with Gasteiger partial charge in [0.1, 0.15) is 0 Å². The topological polar surface area (TPSA) is 75.3 Å². The first-order valence-electron chi connectivity index (χ1n) is 5.52. The van der Waals surface area contributed by atoms with E-state index in [1.807, 2.05) is 13.8 Å². The molecular formula is C11H22N2O2. The first-order chi connectivity index (χ1) is 6.79. The number of carbonyl (C=O) groups is 1. The lowest BCUT2D eigenvalue weighted by Gasteiger charge is -2.31. The van der Waals surface area contributed by atoms with E-state index in [4.69, 9.17) is 10.8 Å². The van der Waals surface area contributed by atoms with E-state index in [1.54, 1.807) is 6.92 Å². The van der Waals surface area contributed by atoms with Crippen LogP contribution in [0.1, 0.15) is 40.0 Å². The third-order valence-corrected chi connectivity index (χ3v) is 3.10. The number of hydrogen-bond donors (Lipinski definition) is 3. The van der Waals surface area contributed by atoms with E-state index < -0.39 is 5.54 Å². The number of nitrogens with one attached hydrogen (secondary N) is 1. The van der Waals surface area contributed by atoms with Crippen molar-refractivity contribution in [2.75, 3.05) is 6.61 Å². The second-order valence-electron chi connectivity index (χ2n) is 5.37. The highest BCUT2D eigenvalue weighted by Gasteiger charge is 2.45. The molecule has 0 aromatic heterocycles. The number of nitrogens with two attached hydrogens (primary N) is 1. The number of aliphatic hydroxyl groups excluding tert-OH is 1. The van der Waals surface area contributed by atoms with E-state index in [1.165, 1.54) is 0 Å².